The SMILES string of the molecule is CNC(=O)c1cnc(NC(=O)[C@H]2CC23CC3)cc1Nc1nc2ccc(N3CC(N(C)C)C3)cn2n1. The Morgan fingerprint density at radius 3 is 2.69 bits per heavy atom. The second-order valence-electron chi connectivity index (χ2n) is 10.1. The molecule has 35 heavy (non-hydrogen) atoms. The van der Waals surface area contributed by atoms with E-state index in [-0.39, 0.29) is 23.1 Å². The van der Waals surface area contributed by atoms with Gasteiger partial charge in [-0.3, -0.25) is 9.59 Å². The summed E-state index contributed by atoms with van der Waals surface area (Å²) in [5.74, 6) is 0.524. The highest BCUT2D eigenvalue weighted by Crippen LogP contribution is 2.70. The summed E-state index contributed by atoms with van der Waals surface area (Å²) in [4.78, 5) is 38.4. The number of nitrogens with one attached hydrogen (secondary N) is 3. The maximum absolute atomic E-state index is 12.6. The smallest absolute Gasteiger partial charge is 0.254 e. The Balaban J connectivity index is 1.22. The number of hydrogen-bond acceptors (Lipinski definition) is 8. The first-order chi connectivity index (χ1) is 16.8. The molecule has 3 N–H and O–H groups in total. The zero-order chi connectivity index (χ0) is 24.3. The minimum atomic E-state index is -0.295. The summed E-state index contributed by atoms with van der Waals surface area (Å²) in [6, 6.07) is 6.18. The van der Waals surface area contributed by atoms with Crippen molar-refractivity contribution in [3.05, 3.63) is 36.2 Å². The van der Waals surface area contributed by atoms with Crippen LogP contribution in [0.1, 0.15) is 29.6 Å². The van der Waals surface area contributed by atoms with Gasteiger partial charge in [0.15, 0.2) is 5.65 Å². The molecule has 182 valence electrons. The van der Waals surface area contributed by atoms with Crippen LogP contribution in [0.15, 0.2) is 30.6 Å². The van der Waals surface area contributed by atoms with Crippen molar-refractivity contribution in [2.24, 2.45) is 11.3 Å². The minimum absolute atomic E-state index is 0.00507. The van der Waals surface area contributed by atoms with Gasteiger partial charge in [-0.1, -0.05) is 0 Å². The van der Waals surface area contributed by atoms with E-state index >= 15 is 0 Å². The van der Waals surface area contributed by atoms with E-state index in [2.05, 4.69) is 54.9 Å². The van der Waals surface area contributed by atoms with Gasteiger partial charge >= 0.3 is 0 Å². The van der Waals surface area contributed by atoms with Gasteiger partial charge in [-0.25, -0.2) is 9.50 Å². The molecule has 0 bridgehead atoms. The first kappa shape index (κ1) is 21.8. The van der Waals surface area contributed by atoms with Crippen LogP contribution in [0.5, 0.6) is 0 Å². The van der Waals surface area contributed by atoms with Crippen LogP contribution in [-0.4, -0.2) is 76.6 Å². The Kier molecular flexibility index (Phi) is 4.92. The topological polar surface area (TPSA) is 120 Å². The molecule has 2 amide bonds. The molecule has 3 aliphatic rings. The van der Waals surface area contributed by atoms with Crippen LogP contribution in [0.3, 0.4) is 0 Å². The minimum Gasteiger partial charge on any atom is -0.367 e. The highest BCUT2D eigenvalue weighted by Gasteiger charge is 2.65. The van der Waals surface area contributed by atoms with E-state index in [1.807, 2.05) is 18.3 Å². The van der Waals surface area contributed by atoms with Crippen molar-refractivity contribution in [3.8, 4) is 0 Å². The van der Waals surface area contributed by atoms with Crippen LogP contribution in [0.4, 0.5) is 23.1 Å². The third-order valence-electron chi connectivity index (χ3n) is 7.54. The standard InChI is InChI=1S/C24H29N9O2/c1-25-21(34)16-10-26-19(28-22(35)17-9-24(17)6-7-24)8-18(16)27-23-29-20-5-4-14(13-33(20)30-23)32-11-15(12-32)31(2)3/h4-5,8,10,13,15,17H,6-7,9,11-12H2,1-3H3,(H,25,34)(H2,26,27,28,30,35)/t17-/m1/s1. The van der Waals surface area contributed by atoms with E-state index in [1.165, 1.54) is 6.20 Å². The average Bonchev–Trinajstić information content (AvgIpc) is 3.69. The van der Waals surface area contributed by atoms with E-state index in [1.54, 1.807) is 17.6 Å². The van der Waals surface area contributed by atoms with Crippen molar-refractivity contribution in [3.63, 3.8) is 0 Å². The lowest BCUT2D eigenvalue weighted by Crippen LogP contribution is -2.57. The molecule has 1 aliphatic heterocycles. The number of rotatable bonds is 7. The van der Waals surface area contributed by atoms with Crippen LogP contribution in [0, 0.1) is 11.3 Å². The van der Waals surface area contributed by atoms with E-state index in [9.17, 15) is 9.59 Å². The van der Waals surface area contributed by atoms with Gasteiger partial charge in [0, 0.05) is 44.4 Å². The van der Waals surface area contributed by atoms with E-state index in [4.69, 9.17) is 0 Å². The zero-order valence-corrected chi connectivity index (χ0v) is 20.1. The van der Waals surface area contributed by atoms with Gasteiger partial charge < -0.3 is 25.8 Å². The first-order valence-corrected chi connectivity index (χ1v) is 11.9. The quantitative estimate of drug-likeness (QED) is 0.473. The third kappa shape index (κ3) is 3.95. The highest BCUT2D eigenvalue weighted by atomic mass is 16.2. The second-order valence-corrected chi connectivity index (χ2v) is 10.1. The van der Waals surface area contributed by atoms with Gasteiger partial charge in [0.05, 0.1) is 23.1 Å². The van der Waals surface area contributed by atoms with Crippen LogP contribution >= 0.6 is 0 Å². The maximum atomic E-state index is 12.6. The molecule has 3 aromatic rings. The number of fused-ring (bicyclic) bond motifs is 1. The lowest BCUT2D eigenvalue weighted by atomic mass is 10.1. The maximum Gasteiger partial charge on any atom is 0.254 e. The predicted molar refractivity (Wildman–Crippen MR) is 132 cm³/mol. The molecular weight excluding hydrogens is 446 g/mol. The highest BCUT2D eigenvalue weighted by molar-refractivity contribution is 6.01. The van der Waals surface area contributed by atoms with Crippen molar-refractivity contribution >= 4 is 40.6 Å². The van der Waals surface area contributed by atoms with Gasteiger partial charge in [-0.15, -0.1) is 5.10 Å². The molecule has 2 saturated carbocycles. The summed E-state index contributed by atoms with van der Waals surface area (Å²) >= 11 is 0. The summed E-state index contributed by atoms with van der Waals surface area (Å²) in [5.41, 5.74) is 2.84. The monoisotopic (exact) mass is 475 g/mol. The zero-order valence-electron chi connectivity index (χ0n) is 20.1. The number of likely N-dealkylation sites (N-methyl/N-ethyl adjacent to an activating group) is 1. The van der Waals surface area contributed by atoms with Crippen LogP contribution < -0.4 is 20.9 Å². The molecule has 0 unspecified atom stereocenters. The Morgan fingerprint density at radius 1 is 1.20 bits per heavy atom. The fourth-order valence-electron chi connectivity index (χ4n) is 4.81. The molecule has 11 heteroatoms. The molecule has 1 spiro atoms. The fraction of sp³-hybridized carbons (Fsp3) is 0.458. The largest absolute Gasteiger partial charge is 0.367 e. The number of carbonyl (C=O) groups is 2. The summed E-state index contributed by atoms with van der Waals surface area (Å²) in [6.45, 7) is 1.95. The average molecular weight is 476 g/mol. The number of anilines is 4. The van der Waals surface area contributed by atoms with Crippen molar-refractivity contribution in [2.75, 3.05) is 49.8 Å². The lowest BCUT2D eigenvalue weighted by molar-refractivity contribution is -0.117. The van der Waals surface area contributed by atoms with Gasteiger partial charge in [0.1, 0.15) is 5.82 Å². The molecule has 3 fully saturated rings. The Bertz CT molecular complexity index is 1320. The molecule has 4 heterocycles. The summed E-state index contributed by atoms with van der Waals surface area (Å²) in [7, 11) is 5.75. The molecule has 2 aliphatic carbocycles. The number of amides is 2. The molecule has 11 nitrogen and oxygen atoms in total. The summed E-state index contributed by atoms with van der Waals surface area (Å²) in [5, 5.41) is 13.2. The Morgan fingerprint density at radius 2 is 2.00 bits per heavy atom. The third-order valence-corrected chi connectivity index (χ3v) is 7.54. The van der Waals surface area contributed by atoms with Gasteiger partial charge in [-0.05, 0) is 50.9 Å². The molecule has 3 aromatic heterocycles. The Labute approximate surface area is 202 Å². The molecule has 6 rings (SSSR count). The fourth-order valence-corrected chi connectivity index (χ4v) is 4.81. The van der Waals surface area contributed by atoms with Crippen molar-refractivity contribution in [1.29, 1.82) is 0 Å². The summed E-state index contributed by atoms with van der Waals surface area (Å²) < 4.78 is 1.73. The van der Waals surface area contributed by atoms with E-state index in [0.717, 1.165) is 38.0 Å². The Hall–Kier alpha value is -3.73. The number of pyridine rings is 2. The molecule has 1 saturated heterocycles. The number of aromatic nitrogens is 4. The van der Waals surface area contributed by atoms with Crippen LogP contribution in [0.25, 0.3) is 5.65 Å². The van der Waals surface area contributed by atoms with Crippen LogP contribution in [-0.2, 0) is 4.79 Å². The normalized spacial score (nSPS) is 20.1. The summed E-state index contributed by atoms with van der Waals surface area (Å²) in [6.07, 6.45) is 6.64. The molecule has 0 aromatic carbocycles. The van der Waals surface area contributed by atoms with Crippen molar-refractivity contribution in [2.45, 2.75) is 25.3 Å². The molecule has 1 atom stereocenters. The van der Waals surface area contributed by atoms with Crippen molar-refractivity contribution in [1.82, 2.24) is 29.8 Å². The van der Waals surface area contributed by atoms with E-state index < -0.39 is 0 Å². The van der Waals surface area contributed by atoms with Crippen LogP contribution in [0.2, 0.25) is 0 Å². The van der Waals surface area contributed by atoms with Crippen molar-refractivity contribution < 1.29 is 9.59 Å². The number of hydrogen-bond donors (Lipinski definition) is 3. The molecular formula is C24H29N9O2. The molecule has 0 radical (unpaired) electrons. The van der Waals surface area contributed by atoms with E-state index in [0.29, 0.717) is 34.7 Å². The second kappa shape index (κ2) is 7.91. The van der Waals surface area contributed by atoms with Gasteiger partial charge in [-0.2, -0.15) is 4.98 Å². The number of nitrogens with zero attached hydrogens (tertiary/aromatic N) is 6. The van der Waals surface area contributed by atoms with Gasteiger partial charge in [0.25, 0.3) is 5.91 Å². The lowest BCUT2D eigenvalue weighted by Gasteiger charge is -2.44. The first-order valence-electron chi connectivity index (χ1n) is 11.9. The number of carbonyl (C=O) groups excluding carboxylic acids is 2. The van der Waals surface area contributed by atoms with Gasteiger partial charge in [0.2, 0.25) is 11.9 Å². The predicted octanol–water partition coefficient (Wildman–Crippen LogP) is 1.72.